The van der Waals surface area contributed by atoms with Gasteiger partial charge in [0.2, 0.25) is 0 Å². The number of aliphatic hydroxyl groups is 1. The molecule has 1 N–H and O–H groups in total. The van der Waals surface area contributed by atoms with Gasteiger partial charge in [0.1, 0.15) is 12.4 Å². The maximum atomic E-state index is 11.2. The summed E-state index contributed by atoms with van der Waals surface area (Å²) in [6.45, 7) is 3.37. The van der Waals surface area contributed by atoms with Crippen LogP contribution in [0.3, 0.4) is 0 Å². The van der Waals surface area contributed by atoms with Crippen molar-refractivity contribution in [2.24, 2.45) is 0 Å². The number of rotatable bonds is 4. The molecule has 4 nitrogen and oxygen atoms in total. The largest absolute Gasteiger partial charge is 0.489 e. The van der Waals surface area contributed by atoms with E-state index in [-0.39, 0.29) is 6.61 Å². The molecular formula is C12H15ClO4. The average Bonchev–Trinajstić information content (AvgIpc) is 2.25. The number of carbonyl (C=O) groups excluding carboxylic acids is 1. The molecule has 0 fully saturated rings. The van der Waals surface area contributed by atoms with Gasteiger partial charge >= 0.3 is 5.97 Å². The second-order valence-corrected chi connectivity index (χ2v) is 4.65. The third kappa shape index (κ3) is 4.24. The highest BCUT2D eigenvalue weighted by molar-refractivity contribution is 6.32. The summed E-state index contributed by atoms with van der Waals surface area (Å²) in [4.78, 5) is 11.2. The van der Waals surface area contributed by atoms with Gasteiger partial charge in [-0.2, -0.15) is 0 Å². The predicted molar refractivity (Wildman–Crippen MR) is 64.6 cm³/mol. The molecule has 0 aliphatic carbocycles. The average molecular weight is 259 g/mol. The molecule has 1 rings (SSSR count). The van der Waals surface area contributed by atoms with Gasteiger partial charge in [0.25, 0.3) is 0 Å². The summed E-state index contributed by atoms with van der Waals surface area (Å²) >= 11 is 5.94. The highest BCUT2D eigenvalue weighted by Gasteiger charge is 2.15. The number of benzene rings is 1. The highest BCUT2D eigenvalue weighted by atomic mass is 35.5. The number of esters is 1. The molecule has 1 aromatic carbocycles. The van der Waals surface area contributed by atoms with Crippen molar-refractivity contribution < 1.29 is 19.4 Å². The topological polar surface area (TPSA) is 55.8 Å². The first kappa shape index (κ1) is 13.8. The molecule has 0 atom stereocenters. The Hall–Kier alpha value is -1.26. The van der Waals surface area contributed by atoms with Crippen LogP contribution in [-0.4, -0.2) is 30.4 Å². The van der Waals surface area contributed by atoms with Gasteiger partial charge in [0, 0.05) is 0 Å². The molecule has 0 amide bonds. The van der Waals surface area contributed by atoms with E-state index in [4.69, 9.17) is 16.3 Å². The van der Waals surface area contributed by atoms with E-state index in [0.29, 0.717) is 16.3 Å². The van der Waals surface area contributed by atoms with Crippen molar-refractivity contribution in [1.29, 1.82) is 0 Å². The summed E-state index contributed by atoms with van der Waals surface area (Å²) < 4.78 is 9.90. The Balaban J connectivity index is 2.80. The van der Waals surface area contributed by atoms with E-state index in [9.17, 15) is 9.90 Å². The summed E-state index contributed by atoms with van der Waals surface area (Å²) in [5.41, 5.74) is -0.585. The molecule has 0 saturated heterocycles. The van der Waals surface area contributed by atoms with Gasteiger partial charge in [-0.3, -0.25) is 0 Å². The quantitative estimate of drug-likeness (QED) is 0.842. The number of carbonyl (C=O) groups is 1. The Morgan fingerprint density at radius 2 is 2.12 bits per heavy atom. The van der Waals surface area contributed by atoms with Gasteiger partial charge in [-0.1, -0.05) is 11.6 Å². The first-order valence-electron chi connectivity index (χ1n) is 5.06. The SMILES string of the molecule is COC(=O)c1ccc(OCC(C)(C)O)c(Cl)c1. The molecule has 0 bridgehead atoms. The van der Waals surface area contributed by atoms with Crippen LogP contribution in [0.5, 0.6) is 5.75 Å². The molecule has 0 spiro atoms. The summed E-state index contributed by atoms with van der Waals surface area (Å²) in [6, 6.07) is 4.59. The van der Waals surface area contributed by atoms with E-state index in [1.165, 1.54) is 13.2 Å². The zero-order valence-corrected chi connectivity index (χ0v) is 10.7. The van der Waals surface area contributed by atoms with E-state index >= 15 is 0 Å². The van der Waals surface area contributed by atoms with Gasteiger partial charge in [-0.25, -0.2) is 4.79 Å². The van der Waals surface area contributed by atoms with Crippen LogP contribution in [0, 0.1) is 0 Å². The molecule has 0 radical (unpaired) electrons. The minimum atomic E-state index is -0.940. The molecule has 17 heavy (non-hydrogen) atoms. The number of ether oxygens (including phenoxy) is 2. The first-order chi connectivity index (χ1) is 7.83. The summed E-state index contributed by atoms with van der Waals surface area (Å²) in [5.74, 6) is -0.0395. The third-order valence-electron chi connectivity index (χ3n) is 1.93. The van der Waals surface area contributed by atoms with E-state index < -0.39 is 11.6 Å². The van der Waals surface area contributed by atoms with Crippen LogP contribution in [0.4, 0.5) is 0 Å². The van der Waals surface area contributed by atoms with Gasteiger partial charge in [0.05, 0.1) is 23.3 Å². The van der Waals surface area contributed by atoms with Crippen LogP contribution in [0.1, 0.15) is 24.2 Å². The van der Waals surface area contributed by atoms with Crippen molar-refractivity contribution in [2.45, 2.75) is 19.4 Å². The summed E-state index contributed by atoms with van der Waals surface area (Å²) in [5, 5.41) is 9.81. The monoisotopic (exact) mass is 258 g/mol. The van der Waals surface area contributed by atoms with Crippen molar-refractivity contribution in [3.05, 3.63) is 28.8 Å². The maximum Gasteiger partial charge on any atom is 0.337 e. The molecule has 94 valence electrons. The van der Waals surface area contributed by atoms with Crippen LogP contribution < -0.4 is 4.74 Å². The van der Waals surface area contributed by atoms with Crippen LogP contribution in [0.25, 0.3) is 0 Å². The van der Waals surface area contributed by atoms with Gasteiger partial charge < -0.3 is 14.6 Å². The minimum Gasteiger partial charge on any atom is -0.489 e. The van der Waals surface area contributed by atoms with E-state index in [0.717, 1.165) is 0 Å². The number of hydrogen-bond donors (Lipinski definition) is 1. The first-order valence-corrected chi connectivity index (χ1v) is 5.44. The van der Waals surface area contributed by atoms with E-state index in [2.05, 4.69) is 4.74 Å². The van der Waals surface area contributed by atoms with Crippen molar-refractivity contribution in [3.63, 3.8) is 0 Å². The van der Waals surface area contributed by atoms with Crippen LogP contribution in [0.15, 0.2) is 18.2 Å². The molecule has 0 unspecified atom stereocenters. The normalized spacial score (nSPS) is 11.1. The Labute approximate surface area is 105 Å². The van der Waals surface area contributed by atoms with Crippen molar-refractivity contribution in [3.8, 4) is 5.75 Å². The fourth-order valence-electron chi connectivity index (χ4n) is 1.12. The van der Waals surface area contributed by atoms with Gasteiger partial charge in [-0.05, 0) is 32.0 Å². The Morgan fingerprint density at radius 3 is 2.59 bits per heavy atom. The molecule has 0 aliphatic heterocycles. The Morgan fingerprint density at radius 1 is 1.47 bits per heavy atom. The second kappa shape index (κ2) is 5.38. The highest BCUT2D eigenvalue weighted by Crippen LogP contribution is 2.26. The maximum absolute atomic E-state index is 11.2. The lowest BCUT2D eigenvalue weighted by atomic mass is 10.1. The zero-order valence-electron chi connectivity index (χ0n) is 9.99. The Kier molecular flexibility index (Phi) is 4.37. The van der Waals surface area contributed by atoms with E-state index in [1.54, 1.807) is 26.0 Å². The minimum absolute atomic E-state index is 0.115. The Bertz CT molecular complexity index is 409. The van der Waals surface area contributed by atoms with Gasteiger partial charge in [-0.15, -0.1) is 0 Å². The fraction of sp³-hybridized carbons (Fsp3) is 0.417. The molecule has 0 aliphatic rings. The molecule has 0 saturated carbocycles. The molecule has 5 heteroatoms. The van der Waals surface area contributed by atoms with Crippen LogP contribution in [0.2, 0.25) is 5.02 Å². The number of hydrogen-bond acceptors (Lipinski definition) is 4. The second-order valence-electron chi connectivity index (χ2n) is 4.24. The lowest BCUT2D eigenvalue weighted by molar-refractivity contribution is 0.0285. The molecule has 0 heterocycles. The summed E-state index contributed by atoms with van der Waals surface area (Å²) in [7, 11) is 1.30. The fourth-order valence-corrected chi connectivity index (χ4v) is 1.35. The van der Waals surface area contributed by atoms with Crippen molar-refractivity contribution in [1.82, 2.24) is 0 Å². The smallest absolute Gasteiger partial charge is 0.337 e. The standard InChI is InChI=1S/C12H15ClO4/c1-12(2,15)7-17-10-5-4-8(6-9(10)13)11(14)16-3/h4-6,15H,7H2,1-3H3. The molecular weight excluding hydrogens is 244 g/mol. The molecule has 1 aromatic rings. The zero-order chi connectivity index (χ0) is 13.1. The van der Waals surface area contributed by atoms with Crippen LogP contribution >= 0.6 is 11.6 Å². The summed E-state index contributed by atoms with van der Waals surface area (Å²) in [6.07, 6.45) is 0. The van der Waals surface area contributed by atoms with E-state index in [1.807, 2.05) is 0 Å². The van der Waals surface area contributed by atoms with Crippen molar-refractivity contribution in [2.75, 3.05) is 13.7 Å². The van der Waals surface area contributed by atoms with Crippen LogP contribution in [-0.2, 0) is 4.74 Å². The predicted octanol–water partition coefficient (Wildman–Crippen LogP) is 2.28. The number of methoxy groups -OCH3 is 1. The lowest BCUT2D eigenvalue weighted by Gasteiger charge is -2.18. The number of halogens is 1. The van der Waals surface area contributed by atoms with Gasteiger partial charge in [0.15, 0.2) is 0 Å². The molecule has 0 aromatic heterocycles. The van der Waals surface area contributed by atoms with Crippen molar-refractivity contribution >= 4 is 17.6 Å². The third-order valence-corrected chi connectivity index (χ3v) is 2.23. The lowest BCUT2D eigenvalue weighted by Crippen LogP contribution is -2.27.